The van der Waals surface area contributed by atoms with Crippen molar-refractivity contribution in [2.24, 2.45) is 5.73 Å². The number of nitrogens with two attached hydrogens (primary N) is 1. The molecule has 3 rings (SSSR count). The fourth-order valence-corrected chi connectivity index (χ4v) is 3.11. The van der Waals surface area contributed by atoms with Gasteiger partial charge in [-0.25, -0.2) is 0 Å². The Morgan fingerprint density at radius 3 is 3.10 bits per heavy atom. The smallest absolute Gasteiger partial charge is 0.254 e. The molecule has 1 aromatic heterocycles. The monoisotopic (exact) mass is 271 g/mol. The van der Waals surface area contributed by atoms with Crippen LogP contribution < -0.4 is 5.73 Å². The van der Waals surface area contributed by atoms with Crippen LogP contribution >= 0.6 is 0 Å². The minimum absolute atomic E-state index is 0.139. The number of nitrogens with one attached hydrogen (secondary N) is 1. The van der Waals surface area contributed by atoms with Gasteiger partial charge in [0.1, 0.15) is 0 Å². The van der Waals surface area contributed by atoms with Crippen molar-refractivity contribution in [3.63, 3.8) is 0 Å². The summed E-state index contributed by atoms with van der Waals surface area (Å²) in [6, 6.07) is 8.20. The summed E-state index contributed by atoms with van der Waals surface area (Å²) >= 11 is 0. The number of aromatic nitrogens is 1. The number of hydrogen-bond acceptors (Lipinski definition) is 2. The van der Waals surface area contributed by atoms with Crippen molar-refractivity contribution in [1.82, 2.24) is 9.88 Å². The van der Waals surface area contributed by atoms with Crippen LogP contribution in [-0.4, -0.2) is 34.9 Å². The van der Waals surface area contributed by atoms with Crippen molar-refractivity contribution in [3.8, 4) is 0 Å². The van der Waals surface area contributed by atoms with E-state index >= 15 is 0 Å². The highest BCUT2D eigenvalue weighted by atomic mass is 16.2. The van der Waals surface area contributed by atoms with Gasteiger partial charge in [-0.1, -0.05) is 6.07 Å². The molecule has 1 unspecified atom stereocenters. The first-order valence-corrected chi connectivity index (χ1v) is 7.38. The average Bonchev–Trinajstić information content (AvgIpc) is 2.95. The maximum atomic E-state index is 12.7. The van der Waals surface area contributed by atoms with Gasteiger partial charge in [0.15, 0.2) is 0 Å². The maximum Gasteiger partial charge on any atom is 0.254 e. The molecule has 20 heavy (non-hydrogen) atoms. The van der Waals surface area contributed by atoms with Crippen LogP contribution in [0.15, 0.2) is 30.5 Å². The summed E-state index contributed by atoms with van der Waals surface area (Å²) in [7, 11) is 0. The van der Waals surface area contributed by atoms with Crippen molar-refractivity contribution in [3.05, 3.63) is 36.0 Å². The van der Waals surface area contributed by atoms with Gasteiger partial charge in [-0.2, -0.15) is 0 Å². The third-order valence-corrected chi connectivity index (χ3v) is 4.19. The molecule has 0 spiro atoms. The van der Waals surface area contributed by atoms with Gasteiger partial charge in [0.05, 0.1) is 0 Å². The van der Waals surface area contributed by atoms with E-state index in [1.165, 1.54) is 6.42 Å². The predicted molar refractivity (Wildman–Crippen MR) is 80.6 cm³/mol. The molecule has 4 heteroatoms. The molecule has 0 aliphatic carbocycles. The summed E-state index contributed by atoms with van der Waals surface area (Å²) in [6.07, 6.45) is 6.17. The van der Waals surface area contributed by atoms with Gasteiger partial charge >= 0.3 is 0 Å². The van der Waals surface area contributed by atoms with Gasteiger partial charge < -0.3 is 15.6 Å². The zero-order chi connectivity index (χ0) is 13.9. The second-order valence-electron chi connectivity index (χ2n) is 5.51. The van der Waals surface area contributed by atoms with E-state index in [1.807, 2.05) is 35.4 Å². The second kappa shape index (κ2) is 5.67. The molecule has 0 radical (unpaired) electrons. The first kappa shape index (κ1) is 13.2. The fraction of sp³-hybridized carbons (Fsp3) is 0.438. The molecule has 4 nitrogen and oxygen atoms in total. The molecule has 1 aliphatic rings. The lowest BCUT2D eigenvalue weighted by Gasteiger charge is -2.35. The number of nitrogens with zero attached hydrogens (tertiary/aromatic N) is 1. The van der Waals surface area contributed by atoms with Crippen LogP contribution in [-0.2, 0) is 0 Å². The Labute approximate surface area is 118 Å². The molecule has 0 saturated carbocycles. The molecule has 1 saturated heterocycles. The summed E-state index contributed by atoms with van der Waals surface area (Å²) < 4.78 is 0. The first-order valence-electron chi connectivity index (χ1n) is 7.38. The van der Waals surface area contributed by atoms with Gasteiger partial charge in [0, 0.05) is 29.9 Å². The summed E-state index contributed by atoms with van der Waals surface area (Å²) in [5.41, 5.74) is 7.46. The number of amides is 1. The Morgan fingerprint density at radius 1 is 1.35 bits per heavy atom. The van der Waals surface area contributed by atoms with Crippen molar-refractivity contribution in [1.29, 1.82) is 0 Å². The lowest BCUT2D eigenvalue weighted by Crippen LogP contribution is -2.44. The van der Waals surface area contributed by atoms with Crippen molar-refractivity contribution >= 4 is 16.8 Å². The zero-order valence-corrected chi connectivity index (χ0v) is 11.6. The summed E-state index contributed by atoms with van der Waals surface area (Å²) in [5, 5.41) is 1.14. The first-order chi connectivity index (χ1) is 9.79. The quantitative estimate of drug-likeness (QED) is 0.901. The number of rotatable bonds is 3. The average molecular weight is 271 g/mol. The van der Waals surface area contributed by atoms with Crippen molar-refractivity contribution < 1.29 is 4.79 Å². The largest absolute Gasteiger partial charge is 0.361 e. The number of aromatic amines is 1. The van der Waals surface area contributed by atoms with E-state index in [4.69, 9.17) is 5.73 Å². The summed E-state index contributed by atoms with van der Waals surface area (Å²) in [5.74, 6) is 0.139. The van der Waals surface area contributed by atoms with Crippen LogP contribution in [0, 0.1) is 0 Å². The molecule has 1 fully saturated rings. The minimum atomic E-state index is 0.139. The molecule has 1 aliphatic heterocycles. The molecule has 3 N–H and O–H groups in total. The Hall–Kier alpha value is -1.81. The Bertz CT molecular complexity index is 603. The van der Waals surface area contributed by atoms with Crippen LogP contribution in [0.3, 0.4) is 0 Å². The lowest BCUT2D eigenvalue weighted by molar-refractivity contribution is 0.0605. The van der Waals surface area contributed by atoms with E-state index in [0.717, 1.165) is 42.3 Å². The molecule has 2 aromatic rings. The van der Waals surface area contributed by atoms with Crippen molar-refractivity contribution in [2.75, 3.05) is 13.1 Å². The standard InChI is InChI=1S/C16H21N3O/c17-8-6-14-3-1-2-10-19(14)16(20)13-5-4-12-7-9-18-15(12)11-13/h4-5,7,9,11,14,18H,1-3,6,8,10,17H2. The van der Waals surface area contributed by atoms with E-state index in [1.54, 1.807) is 0 Å². The number of H-pyrrole nitrogens is 1. The molecule has 1 atom stereocenters. The highest BCUT2D eigenvalue weighted by molar-refractivity contribution is 5.98. The van der Waals surface area contributed by atoms with E-state index < -0.39 is 0 Å². The van der Waals surface area contributed by atoms with Crippen LogP contribution in [0.25, 0.3) is 10.9 Å². The third kappa shape index (κ3) is 2.43. The normalized spacial score (nSPS) is 19.4. The molecular weight excluding hydrogens is 250 g/mol. The molecule has 106 valence electrons. The molecule has 1 amide bonds. The van der Waals surface area contributed by atoms with Gasteiger partial charge in [-0.05, 0) is 55.8 Å². The van der Waals surface area contributed by atoms with Crippen molar-refractivity contribution in [2.45, 2.75) is 31.7 Å². The molecule has 0 bridgehead atoms. The van der Waals surface area contributed by atoms with E-state index in [0.29, 0.717) is 12.6 Å². The number of fused-ring (bicyclic) bond motifs is 1. The molecular formula is C16H21N3O. The number of likely N-dealkylation sites (tertiary alicyclic amines) is 1. The third-order valence-electron chi connectivity index (χ3n) is 4.19. The topological polar surface area (TPSA) is 62.1 Å². The predicted octanol–water partition coefficient (Wildman–Crippen LogP) is 2.51. The SMILES string of the molecule is NCCC1CCCCN1C(=O)c1ccc2cc[nH]c2c1. The number of carbonyl (C=O) groups excluding carboxylic acids is 1. The Morgan fingerprint density at radius 2 is 2.25 bits per heavy atom. The maximum absolute atomic E-state index is 12.7. The van der Waals surface area contributed by atoms with Crippen LogP contribution in [0.1, 0.15) is 36.0 Å². The molecule has 2 heterocycles. The zero-order valence-electron chi connectivity index (χ0n) is 11.6. The van der Waals surface area contributed by atoms with Gasteiger partial charge in [-0.3, -0.25) is 4.79 Å². The van der Waals surface area contributed by atoms with E-state index in [-0.39, 0.29) is 5.91 Å². The lowest BCUT2D eigenvalue weighted by atomic mass is 9.98. The fourth-order valence-electron chi connectivity index (χ4n) is 3.11. The van der Waals surface area contributed by atoms with Gasteiger partial charge in [0.25, 0.3) is 5.91 Å². The summed E-state index contributed by atoms with van der Waals surface area (Å²) in [6.45, 7) is 1.50. The minimum Gasteiger partial charge on any atom is -0.361 e. The van der Waals surface area contributed by atoms with Gasteiger partial charge in [0.2, 0.25) is 0 Å². The summed E-state index contributed by atoms with van der Waals surface area (Å²) in [4.78, 5) is 17.9. The van der Waals surface area contributed by atoms with E-state index in [9.17, 15) is 4.79 Å². The van der Waals surface area contributed by atoms with Crippen LogP contribution in [0.2, 0.25) is 0 Å². The number of benzene rings is 1. The van der Waals surface area contributed by atoms with Gasteiger partial charge in [-0.15, -0.1) is 0 Å². The number of carbonyl (C=O) groups is 1. The number of hydrogen-bond donors (Lipinski definition) is 2. The Kier molecular flexibility index (Phi) is 3.74. The van der Waals surface area contributed by atoms with Crippen LogP contribution in [0.5, 0.6) is 0 Å². The second-order valence-corrected chi connectivity index (χ2v) is 5.51. The molecule has 1 aromatic carbocycles. The number of piperidine rings is 1. The Balaban J connectivity index is 1.85. The van der Waals surface area contributed by atoms with Crippen LogP contribution in [0.4, 0.5) is 0 Å². The highest BCUT2D eigenvalue weighted by Gasteiger charge is 2.26. The van der Waals surface area contributed by atoms with E-state index in [2.05, 4.69) is 4.98 Å². The highest BCUT2D eigenvalue weighted by Crippen LogP contribution is 2.23.